The Hall–Kier alpha value is -3.20. The Morgan fingerprint density at radius 2 is 1.68 bits per heavy atom. The molecule has 0 radical (unpaired) electrons. The summed E-state index contributed by atoms with van der Waals surface area (Å²) in [6.07, 6.45) is 3.71. The van der Waals surface area contributed by atoms with Crippen LogP contribution >= 0.6 is 0 Å². The van der Waals surface area contributed by atoms with E-state index in [-0.39, 0.29) is 30.2 Å². The highest BCUT2D eigenvalue weighted by atomic mass is 16.4. The molecule has 40 heavy (non-hydrogen) atoms. The molecular formula is C32H44N4O4. The van der Waals surface area contributed by atoms with Crippen molar-refractivity contribution in [3.63, 3.8) is 0 Å². The van der Waals surface area contributed by atoms with Gasteiger partial charge in [-0.2, -0.15) is 0 Å². The fourth-order valence-electron chi connectivity index (χ4n) is 6.09. The van der Waals surface area contributed by atoms with Crippen molar-refractivity contribution in [2.75, 3.05) is 52.4 Å². The third-order valence-electron chi connectivity index (χ3n) is 8.27. The summed E-state index contributed by atoms with van der Waals surface area (Å²) in [5, 5.41) is 19.2. The molecule has 0 bridgehead atoms. The fourth-order valence-corrected chi connectivity index (χ4v) is 6.09. The number of piperazine rings is 2. The van der Waals surface area contributed by atoms with Gasteiger partial charge in [0.25, 0.3) is 5.91 Å². The summed E-state index contributed by atoms with van der Waals surface area (Å²) in [5.41, 5.74) is 2.74. The molecule has 8 heteroatoms. The molecule has 0 saturated carbocycles. The van der Waals surface area contributed by atoms with Crippen molar-refractivity contribution in [1.82, 2.24) is 19.6 Å². The fraction of sp³-hybridized carbons (Fsp3) is 0.500. The number of benzene rings is 2. The Kier molecular flexibility index (Phi) is 10.4. The van der Waals surface area contributed by atoms with Crippen molar-refractivity contribution in [3.8, 4) is 5.75 Å². The lowest BCUT2D eigenvalue weighted by molar-refractivity contribution is -0.137. The van der Waals surface area contributed by atoms with Crippen LogP contribution in [0.2, 0.25) is 0 Å². The van der Waals surface area contributed by atoms with Gasteiger partial charge in [0.15, 0.2) is 0 Å². The largest absolute Gasteiger partial charge is 0.508 e. The van der Waals surface area contributed by atoms with Gasteiger partial charge in [-0.05, 0) is 68.6 Å². The number of hydrogen-bond acceptors (Lipinski definition) is 6. The van der Waals surface area contributed by atoms with Crippen LogP contribution in [0.3, 0.4) is 0 Å². The summed E-state index contributed by atoms with van der Waals surface area (Å²) in [6.45, 7) is 14.8. The Morgan fingerprint density at radius 1 is 0.975 bits per heavy atom. The van der Waals surface area contributed by atoms with Crippen LogP contribution < -0.4 is 0 Å². The van der Waals surface area contributed by atoms with Gasteiger partial charge in [0.1, 0.15) is 5.75 Å². The second kappa shape index (κ2) is 13.9. The van der Waals surface area contributed by atoms with Gasteiger partial charge in [0, 0.05) is 69.9 Å². The molecule has 3 atom stereocenters. The van der Waals surface area contributed by atoms with Crippen molar-refractivity contribution in [2.24, 2.45) is 0 Å². The maximum atomic E-state index is 13.6. The van der Waals surface area contributed by atoms with Crippen LogP contribution in [-0.4, -0.2) is 106 Å². The zero-order valence-electron chi connectivity index (χ0n) is 23.9. The Morgan fingerprint density at radius 3 is 2.35 bits per heavy atom. The van der Waals surface area contributed by atoms with Crippen LogP contribution in [0.15, 0.2) is 61.2 Å². The number of phenolic OH excluding ortho intramolecular Hbond substituents is 1. The molecule has 8 nitrogen and oxygen atoms in total. The molecule has 0 aliphatic carbocycles. The number of carbonyl (C=O) groups excluding carboxylic acids is 1. The third kappa shape index (κ3) is 7.50. The van der Waals surface area contributed by atoms with Gasteiger partial charge >= 0.3 is 5.97 Å². The van der Waals surface area contributed by atoms with Crippen molar-refractivity contribution in [2.45, 2.75) is 51.2 Å². The summed E-state index contributed by atoms with van der Waals surface area (Å²) in [4.78, 5) is 33.5. The first kappa shape index (κ1) is 29.8. The average molecular weight is 549 g/mol. The first-order chi connectivity index (χ1) is 19.3. The van der Waals surface area contributed by atoms with Crippen LogP contribution in [0.4, 0.5) is 0 Å². The zero-order chi connectivity index (χ0) is 28.6. The van der Waals surface area contributed by atoms with E-state index in [2.05, 4.69) is 47.3 Å². The van der Waals surface area contributed by atoms with E-state index in [1.54, 1.807) is 6.07 Å². The van der Waals surface area contributed by atoms with Gasteiger partial charge in [-0.1, -0.05) is 30.3 Å². The Labute approximate surface area is 238 Å². The maximum absolute atomic E-state index is 13.6. The molecular weight excluding hydrogens is 504 g/mol. The predicted octanol–water partition coefficient (Wildman–Crippen LogP) is 4.07. The lowest BCUT2D eigenvalue weighted by atomic mass is 9.92. The predicted molar refractivity (Wildman–Crippen MR) is 158 cm³/mol. The highest BCUT2D eigenvalue weighted by Crippen LogP contribution is 2.35. The smallest absolute Gasteiger partial charge is 0.303 e. The minimum atomic E-state index is -0.747. The van der Waals surface area contributed by atoms with E-state index in [1.165, 1.54) is 0 Å². The molecule has 2 saturated heterocycles. The number of amides is 1. The minimum Gasteiger partial charge on any atom is -0.508 e. The molecule has 2 aromatic rings. The van der Waals surface area contributed by atoms with E-state index in [4.69, 9.17) is 5.11 Å². The molecule has 216 valence electrons. The van der Waals surface area contributed by atoms with E-state index in [0.29, 0.717) is 31.1 Å². The molecule has 2 fully saturated rings. The molecule has 2 N–H and O–H groups in total. The number of carboxylic acid groups (broad SMARTS) is 1. The highest BCUT2D eigenvalue weighted by molar-refractivity contribution is 5.94. The van der Waals surface area contributed by atoms with Crippen molar-refractivity contribution < 1.29 is 19.8 Å². The first-order valence-electron chi connectivity index (χ1n) is 14.5. The quantitative estimate of drug-likeness (QED) is 0.323. The van der Waals surface area contributed by atoms with Crippen LogP contribution in [0.5, 0.6) is 5.75 Å². The van der Waals surface area contributed by atoms with Crippen LogP contribution in [0.25, 0.3) is 0 Å². The van der Waals surface area contributed by atoms with Crippen LogP contribution in [-0.2, 0) is 4.79 Å². The summed E-state index contributed by atoms with van der Waals surface area (Å²) in [5.74, 6) is -0.469. The normalized spacial score (nSPS) is 21.7. The van der Waals surface area contributed by atoms with Gasteiger partial charge < -0.3 is 15.1 Å². The van der Waals surface area contributed by atoms with Crippen LogP contribution in [0, 0.1) is 0 Å². The third-order valence-corrected chi connectivity index (χ3v) is 8.27. The van der Waals surface area contributed by atoms with E-state index >= 15 is 0 Å². The molecule has 0 aromatic heterocycles. The number of nitrogens with zero attached hydrogens (tertiary/aromatic N) is 4. The maximum Gasteiger partial charge on any atom is 0.303 e. The number of unbranched alkanes of at least 4 members (excludes halogenated alkanes) is 1. The topological polar surface area (TPSA) is 87.6 Å². The van der Waals surface area contributed by atoms with Crippen molar-refractivity contribution >= 4 is 11.9 Å². The molecule has 0 spiro atoms. The summed E-state index contributed by atoms with van der Waals surface area (Å²) in [6, 6.07) is 16.0. The van der Waals surface area contributed by atoms with E-state index < -0.39 is 5.97 Å². The molecule has 1 unspecified atom stereocenters. The number of phenols is 1. The lowest BCUT2D eigenvalue weighted by Gasteiger charge is -2.47. The number of aromatic hydroxyl groups is 1. The van der Waals surface area contributed by atoms with E-state index in [9.17, 15) is 14.7 Å². The Bertz CT molecular complexity index is 1160. The van der Waals surface area contributed by atoms with E-state index in [0.717, 1.165) is 56.8 Å². The van der Waals surface area contributed by atoms with Gasteiger partial charge in [-0.3, -0.25) is 24.3 Å². The number of carboxylic acids is 1. The van der Waals surface area contributed by atoms with E-state index in [1.807, 2.05) is 41.3 Å². The van der Waals surface area contributed by atoms with Gasteiger partial charge in [0.05, 0.1) is 6.04 Å². The van der Waals surface area contributed by atoms with Crippen molar-refractivity contribution in [1.29, 1.82) is 0 Å². The van der Waals surface area contributed by atoms with Gasteiger partial charge in [-0.25, -0.2) is 0 Å². The SMILES string of the molecule is C=CCN1C[C@@H](C)N(C(c2cccc(O)c2)c2cccc(C(=O)N3CCN(CCCCC(=O)O)CC3)c2)C[C@H]1C. The summed E-state index contributed by atoms with van der Waals surface area (Å²) < 4.78 is 0. The summed E-state index contributed by atoms with van der Waals surface area (Å²) >= 11 is 0. The second-order valence-electron chi connectivity index (χ2n) is 11.2. The molecule has 2 heterocycles. The average Bonchev–Trinajstić information content (AvgIpc) is 2.94. The second-order valence-corrected chi connectivity index (χ2v) is 11.2. The number of hydrogen-bond donors (Lipinski definition) is 2. The van der Waals surface area contributed by atoms with Crippen LogP contribution in [0.1, 0.15) is 60.6 Å². The number of carbonyl (C=O) groups is 2. The molecule has 4 rings (SSSR count). The summed E-state index contributed by atoms with van der Waals surface area (Å²) in [7, 11) is 0. The molecule has 2 aliphatic rings. The molecule has 2 aromatic carbocycles. The van der Waals surface area contributed by atoms with Crippen molar-refractivity contribution in [3.05, 3.63) is 77.9 Å². The first-order valence-corrected chi connectivity index (χ1v) is 14.5. The standard InChI is InChI=1S/C32H44N4O4/c1-4-14-35-22-25(3)36(23-24(35)2)31(27-10-8-12-29(37)21-27)26-9-7-11-28(20-26)32(40)34-18-16-33(17-19-34)15-6-5-13-30(38)39/h4,7-12,20-21,24-25,31,37H,1,5-6,13-19,22-23H2,2-3H3,(H,38,39)/t24-,25-,31?/m1/s1. The minimum absolute atomic E-state index is 0.0410. The highest BCUT2D eigenvalue weighted by Gasteiger charge is 2.35. The lowest BCUT2D eigenvalue weighted by Crippen LogP contribution is -2.57. The van der Waals surface area contributed by atoms with Gasteiger partial charge in [0.2, 0.25) is 0 Å². The molecule has 1 amide bonds. The molecule has 2 aliphatic heterocycles. The monoisotopic (exact) mass is 548 g/mol. The number of aliphatic carboxylic acids is 1. The zero-order valence-corrected chi connectivity index (χ0v) is 23.9. The van der Waals surface area contributed by atoms with Gasteiger partial charge in [-0.15, -0.1) is 6.58 Å². The Balaban J connectivity index is 1.50. The number of rotatable bonds is 11.